The van der Waals surface area contributed by atoms with Crippen LogP contribution < -0.4 is 5.73 Å². The van der Waals surface area contributed by atoms with Crippen molar-refractivity contribution in [2.24, 2.45) is 0 Å². The topological polar surface area (TPSA) is 43.8 Å². The van der Waals surface area contributed by atoms with Crippen LogP contribution in [0.3, 0.4) is 0 Å². The van der Waals surface area contributed by atoms with Gasteiger partial charge in [0, 0.05) is 11.0 Å². The maximum atomic E-state index is 6.36. The first-order valence-corrected chi connectivity index (χ1v) is 7.14. The van der Waals surface area contributed by atoms with Crippen LogP contribution >= 0.6 is 0 Å². The van der Waals surface area contributed by atoms with Gasteiger partial charge in [0.05, 0.1) is 6.54 Å². The Labute approximate surface area is 127 Å². The normalized spacial score (nSPS) is 11.4. The van der Waals surface area contributed by atoms with Gasteiger partial charge in [-0.25, -0.2) is 4.98 Å². The third-order valence-corrected chi connectivity index (χ3v) is 3.64. The summed E-state index contributed by atoms with van der Waals surface area (Å²) < 4.78 is 1.95. The zero-order valence-electron chi connectivity index (χ0n) is 13.5. The fourth-order valence-corrected chi connectivity index (χ4v) is 2.66. The molecule has 2 N–H and O–H groups in total. The van der Waals surface area contributed by atoms with E-state index in [-0.39, 0.29) is 5.41 Å². The fourth-order valence-electron chi connectivity index (χ4n) is 2.66. The number of hydrogen-bond donors (Lipinski definition) is 1. The van der Waals surface area contributed by atoms with Gasteiger partial charge in [-0.05, 0) is 25.0 Å². The predicted molar refractivity (Wildman–Crippen MR) is 89.1 cm³/mol. The Kier molecular flexibility index (Phi) is 3.82. The van der Waals surface area contributed by atoms with E-state index in [1.165, 1.54) is 11.1 Å². The minimum atomic E-state index is -0.111. The number of imidazole rings is 1. The first kappa shape index (κ1) is 15.2. The van der Waals surface area contributed by atoms with Gasteiger partial charge >= 0.3 is 0 Å². The highest BCUT2D eigenvalue weighted by Crippen LogP contribution is 2.35. The molecule has 0 unspecified atom stereocenters. The molecule has 0 saturated carbocycles. The molecule has 2 aromatic rings. The van der Waals surface area contributed by atoms with Crippen molar-refractivity contribution in [1.29, 1.82) is 0 Å². The molecule has 2 rings (SSSR count). The van der Waals surface area contributed by atoms with Crippen LogP contribution in [0.2, 0.25) is 0 Å². The molecule has 1 aromatic carbocycles. The van der Waals surface area contributed by atoms with Gasteiger partial charge in [0.1, 0.15) is 17.3 Å². The fraction of sp³-hybridized carbons (Fsp3) is 0.389. The summed E-state index contributed by atoms with van der Waals surface area (Å²) in [5.74, 6) is 4.25. The molecule has 0 atom stereocenters. The number of anilines is 1. The number of aryl methyl sites for hydroxylation is 2. The van der Waals surface area contributed by atoms with Gasteiger partial charge < -0.3 is 10.3 Å². The SMILES string of the molecule is C#CCn1c(C(C)(C)C)nc(-c2c(C)cccc2C)c1N. The van der Waals surface area contributed by atoms with E-state index in [2.05, 4.69) is 52.7 Å². The zero-order chi connectivity index (χ0) is 15.8. The molecule has 0 bridgehead atoms. The van der Waals surface area contributed by atoms with E-state index < -0.39 is 0 Å². The molecular formula is C18H23N3. The Morgan fingerprint density at radius 2 is 1.81 bits per heavy atom. The van der Waals surface area contributed by atoms with Crippen LogP contribution in [-0.4, -0.2) is 9.55 Å². The van der Waals surface area contributed by atoms with Crippen molar-refractivity contribution in [3.63, 3.8) is 0 Å². The van der Waals surface area contributed by atoms with Crippen molar-refractivity contribution in [1.82, 2.24) is 9.55 Å². The number of nitrogen functional groups attached to an aromatic ring is 1. The lowest BCUT2D eigenvalue weighted by molar-refractivity contribution is 0.517. The third kappa shape index (κ3) is 2.67. The summed E-state index contributed by atoms with van der Waals surface area (Å²) in [5, 5.41) is 0. The minimum absolute atomic E-state index is 0.111. The van der Waals surface area contributed by atoms with Gasteiger partial charge in [-0.2, -0.15) is 0 Å². The Morgan fingerprint density at radius 1 is 1.24 bits per heavy atom. The number of terminal acetylenes is 1. The summed E-state index contributed by atoms with van der Waals surface area (Å²) in [7, 11) is 0. The molecular weight excluding hydrogens is 258 g/mol. The monoisotopic (exact) mass is 281 g/mol. The van der Waals surface area contributed by atoms with Crippen LogP contribution in [0.4, 0.5) is 5.82 Å². The third-order valence-electron chi connectivity index (χ3n) is 3.64. The lowest BCUT2D eigenvalue weighted by Crippen LogP contribution is -2.19. The zero-order valence-corrected chi connectivity index (χ0v) is 13.5. The highest BCUT2D eigenvalue weighted by molar-refractivity contribution is 5.76. The number of hydrogen-bond acceptors (Lipinski definition) is 2. The quantitative estimate of drug-likeness (QED) is 0.853. The van der Waals surface area contributed by atoms with Crippen molar-refractivity contribution in [3.8, 4) is 23.6 Å². The highest BCUT2D eigenvalue weighted by Gasteiger charge is 2.26. The molecule has 110 valence electrons. The molecule has 21 heavy (non-hydrogen) atoms. The van der Waals surface area contributed by atoms with E-state index in [1.54, 1.807) is 0 Å². The Hall–Kier alpha value is -2.21. The average Bonchev–Trinajstić information content (AvgIpc) is 2.68. The smallest absolute Gasteiger partial charge is 0.132 e. The van der Waals surface area contributed by atoms with E-state index in [0.717, 1.165) is 17.1 Å². The summed E-state index contributed by atoms with van der Waals surface area (Å²) >= 11 is 0. The summed E-state index contributed by atoms with van der Waals surface area (Å²) in [5.41, 5.74) is 10.5. The van der Waals surface area contributed by atoms with E-state index >= 15 is 0 Å². The van der Waals surface area contributed by atoms with Gasteiger partial charge in [0.15, 0.2) is 0 Å². The largest absolute Gasteiger partial charge is 0.383 e. The van der Waals surface area contributed by atoms with Crippen LogP contribution in [0.5, 0.6) is 0 Å². The van der Waals surface area contributed by atoms with Crippen LogP contribution in [-0.2, 0) is 12.0 Å². The second-order valence-electron chi connectivity index (χ2n) is 6.48. The maximum Gasteiger partial charge on any atom is 0.132 e. The lowest BCUT2D eigenvalue weighted by atomic mass is 9.95. The summed E-state index contributed by atoms with van der Waals surface area (Å²) in [6, 6.07) is 6.21. The number of rotatable bonds is 2. The van der Waals surface area contributed by atoms with Crippen molar-refractivity contribution >= 4 is 5.82 Å². The van der Waals surface area contributed by atoms with Crippen LogP contribution in [0, 0.1) is 26.2 Å². The molecule has 0 spiro atoms. The van der Waals surface area contributed by atoms with Crippen LogP contribution in [0.1, 0.15) is 37.7 Å². The first-order valence-electron chi connectivity index (χ1n) is 7.14. The van der Waals surface area contributed by atoms with Crippen molar-refractivity contribution in [2.45, 2.75) is 46.6 Å². The summed E-state index contributed by atoms with van der Waals surface area (Å²) in [6.07, 6.45) is 5.50. The molecule has 0 amide bonds. The van der Waals surface area contributed by atoms with E-state index in [9.17, 15) is 0 Å². The van der Waals surface area contributed by atoms with E-state index in [4.69, 9.17) is 17.1 Å². The molecule has 0 fully saturated rings. The Balaban J connectivity index is 2.75. The summed E-state index contributed by atoms with van der Waals surface area (Å²) in [6.45, 7) is 11.0. The average molecular weight is 281 g/mol. The first-order chi connectivity index (χ1) is 9.77. The highest BCUT2D eigenvalue weighted by atomic mass is 15.1. The van der Waals surface area contributed by atoms with Gasteiger partial charge in [0.25, 0.3) is 0 Å². The Bertz CT molecular complexity index is 689. The van der Waals surface area contributed by atoms with Crippen molar-refractivity contribution in [2.75, 3.05) is 5.73 Å². The Morgan fingerprint density at radius 3 is 2.29 bits per heavy atom. The molecule has 0 radical (unpaired) electrons. The maximum absolute atomic E-state index is 6.36. The second-order valence-corrected chi connectivity index (χ2v) is 6.48. The standard InChI is InChI=1S/C18H23N3/c1-7-11-21-16(19)15(20-17(21)18(4,5)6)14-12(2)9-8-10-13(14)3/h1,8-10H,11,19H2,2-6H3. The van der Waals surface area contributed by atoms with Gasteiger partial charge in [-0.3, -0.25) is 0 Å². The number of aromatic nitrogens is 2. The lowest BCUT2D eigenvalue weighted by Gasteiger charge is -2.18. The van der Waals surface area contributed by atoms with Gasteiger partial charge in [-0.15, -0.1) is 6.42 Å². The van der Waals surface area contributed by atoms with Crippen molar-refractivity contribution in [3.05, 3.63) is 35.2 Å². The molecule has 1 heterocycles. The molecule has 0 aliphatic rings. The minimum Gasteiger partial charge on any atom is -0.383 e. The van der Waals surface area contributed by atoms with Gasteiger partial charge in [-0.1, -0.05) is 44.9 Å². The molecule has 1 aromatic heterocycles. The molecule has 0 aliphatic carbocycles. The van der Waals surface area contributed by atoms with E-state index in [1.807, 2.05) is 10.6 Å². The number of nitrogens with zero attached hydrogens (tertiary/aromatic N) is 2. The van der Waals surface area contributed by atoms with E-state index in [0.29, 0.717) is 12.4 Å². The molecule has 0 saturated heterocycles. The molecule has 3 heteroatoms. The van der Waals surface area contributed by atoms with Crippen molar-refractivity contribution < 1.29 is 0 Å². The predicted octanol–water partition coefficient (Wildman–Crippen LogP) is 3.68. The number of nitrogens with two attached hydrogens (primary N) is 1. The molecule has 0 aliphatic heterocycles. The van der Waals surface area contributed by atoms with Crippen LogP contribution in [0.15, 0.2) is 18.2 Å². The second kappa shape index (κ2) is 5.29. The number of benzene rings is 1. The molecule has 3 nitrogen and oxygen atoms in total. The summed E-state index contributed by atoms with van der Waals surface area (Å²) in [4.78, 5) is 4.83. The van der Waals surface area contributed by atoms with Crippen LogP contribution in [0.25, 0.3) is 11.3 Å². The van der Waals surface area contributed by atoms with Gasteiger partial charge in [0.2, 0.25) is 0 Å².